The molecule has 0 aliphatic heterocycles. The van der Waals surface area contributed by atoms with Gasteiger partial charge in [0.15, 0.2) is 0 Å². The summed E-state index contributed by atoms with van der Waals surface area (Å²) >= 11 is 3.25. The number of aliphatic hydroxyl groups is 1. The molecule has 2 rings (SSSR count). The minimum absolute atomic E-state index is 0.134. The van der Waals surface area contributed by atoms with Gasteiger partial charge in [-0.25, -0.2) is 4.68 Å². The lowest BCUT2D eigenvalue weighted by atomic mass is 10.1. The molecule has 1 aromatic carbocycles. The summed E-state index contributed by atoms with van der Waals surface area (Å²) in [4.78, 5) is 12.0. The van der Waals surface area contributed by atoms with Crippen molar-refractivity contribution in [3.8, 4) is 0 Å². The molecule has 6 nitrogen and oxygen atoms in total. The van der Waals surface area contributed by atoms with Gasteiger partial charge in [0.1, 0.15) is 4.47 Å². The van der Waals surface area contributed by atoms with E-state index >= 15 is 0 Å². The van der Waals surface area contributed by atoms with Crippen LogP contribution >= 0.6 is 15.9 Å². The molecule has 112 valence electrons. The molecule has 0 aliphatic rings. The summed E-state index contributed by atoms with van der Waals surface area (Å²) in [6, 6.07) is 9.53. The van der Waals surface area contributed by atoms with Crippen LogP contribution in [-0.2, 0) is 6.54 Å². The van der Waals surface area contributed by atoms with Crippen LogP contribution in [0.4, 0.5) is 5.69 Å². The molecular weight excluding hydrogens is 336 g/mol. The Kier molecular flexibility index (Phi) is 5.49. The maximum absolute atomic E-state index is 12.0. The van der Waals surface area contributed by atoms with Crippen molar-refractivity contribution >= 4 is 21.6 Å². The first kappa shape index (κ1) is 15.7. The van der Waals surface area contributed by atoms with E-state index in [0.717, 1.165) is 5.56 Å². The third-order valence-corrected chi connectivity index (χ3v) is 3.80. The highest BCUT2D eigenvalue weighted by Gasteiger charge is 2.10. The fraction of sp³-hybridized carbons (Fsp3) is 0.286. The van der Waals surface area contributed by atoms with E-state index in [9.17, 15) is 4.79 Å². The van der Waals surface area contributed by atoms with Gasteiger partial charge in [0.2, 0.25) is 0 Å². The number of aromatic nitrogens is 2. The van der Waals surface area contributed by atoms with Gasteiger partial charge >= 0.3 is 0 Å². The fourth-order valence-corrected chi connectivity index (χ4v) is 2.33. The number of halogens is 1. The highest BCUT2D eigenvalue weighted by Crippen LogP contribution is 2.17. The normalized spacial score (nSPS) is 12.1. The van der Waals surface area contributed by atoms with Gasteiger partial charge < -0.3 is 16.2 Å². The van der Waals surface area contributed by atoms with Crippen LogP contribution in [0.2, 0.25) is 0 Å². The van der Waals surface area contributed by atoms with Gasteiger partial charge in [-0.05, 0) is 21.5 Å². The van der Waals surface area contributed by atoms with Crippen LogP contribution in [0.5, 0.6) is 0 Å². The highest BCUT2D eigenvalue weighted by atomic mass is 79.9. The lowest BCUT2D eigenvalue weighted by molar-refractivity contribution is 0.266. The second-order valence-corrected chi connectivity index (χ2v) is 5.32. The molecule has 0 spiro atoms. The summed E-state index contributed by atoms with van der Waals surface area (Å²) < 4.78 is 1.58. The van der Waals surface area contributed by atoms with Gasteiger partial charge in [-0.15, -0.1) is 0 Å². The summed E-state index contributed by atoms with van der Waals surface area (Å²) in [5.74, 6) is 0. The molecule has 0 saturated carbocycles. The molecule has 2 aromatic rings. The van der Waals surface area contributed by atoms with E-state index in [1.54, 1.807) is 6.20 Å². The highest BCUT2D eigenvalue weighted by molar-refractivity contribution is 9.10. The van der Waals surface area contributed by atoms with Crippen LogP contribution in [0, 0.1) is 0 Å². The van der Waals surface area contributed by atoms with E-state index < -0.39 is 0 Å². The molecule has 0 radical (unpaired) electrons. The number of benzene rings is 1. The molecule has 7 heteroatoms. The molecule has 0 fully saturated rings. The summed E-state index contributed by atoms with van der Waals surface area (Å²) in [5.41, 5.74) is 7.40. The monoisotopic (exact) mass is 352 g/mol. The lowest BCUT2D eigenvalue weighted by Crippen LogP contribution is -2.27. The zero-order valence-electron chi connectivity index (χ0n) is 11.4. The lowest BCUT2D eigenvalue weighted by Gasteiger charge is -2.15. The van der Waals surface area contributed by atoms with Crippen LogP contribution in [-0.4, -0.2) is 28.0 Å². The Morgan fingerprint density at radius 2 is 2.10 bits per heavy atom. The van der Waals surface area contributed by atoms with Crippen molar-refractivity contribution in [1.82, 2.24) is 9.78 Å². The molecule has 0 amide bonds. The Morgan fingerprint density at radius 1 is 1.38 bits per heavy atom. The number of rotatable bonds is 6. The van der Waals surface area contributed by atoms with Crippen molar-refractivity contribution in [2.45, 2.75) is 12.6 Å². The minimum Gasteiger partial charge on any atom is -0.394 e. The summed E-state index contributed by atoms with van der Waals surface area (Å²) in [6.07, 6.45) is 1.54. The Morgan fingerprint density at radius 3 is 2.76 bits per heavy atom. The Bertz CT molecular complexity index is 645. The number of hydrogen-bond donors (Lipinski definition) is 3. The van der Waals surface area contributed by atoms with E-state index in [2.05, 4.69) is 26.3 Å². The first-order valence-electron chi connectivity index (χ1n) is 6.54. The van der Waals surface area contributed by atoms with Crippen LogP contribution in [0.3, 0.4) is 0 Å². The molecular formula is C14H17BrN4O2. The molecule has 1 atom stereocenters. The molecule has 1 heterocycles. The quantitative estimate of drug-likeness (QED) is 0.724. The maximum Gasteiger partial charge on any atom is 0.283 e. The third-order valence-electron chi connectivity index (χ3n) is 3.04. The number of hydrogen-bond acceptors (Lipinski definition) is 5. The van der Waals surface area contributed by atoms with Gasteiger partial charge in [0, 0.05) is 12.6 Å². The Labute approximate surface area is 130 Å². The SMILES string of the molecule is NC(CNc1cnn(CCO)c(=O)c1Br)c1ccccc1. The summed E-state index contributed by atoms with van der Waals surface area (Å²) in [7, 11) is 0. The van der Waals surface area contributed by atoms with E-state index in [1.165, 1.54) is 4.68 Å². The Hall–Kier alpha value is -1.70. The number of nitrogens with zero attached hydrogens (tertiary/aromatic N) is 2. The van der Waals surface area contributed by atoms with Gasteiger partial charge in [0.25, 0.3) is 5.56 Å². The minimum atomic E-state index is -0.290. The van der Waals surface area contributed by atoms with Gasteiger partial charge in [-0.3, -0.25) is 4.79 Å². The van der Waals surface area contributed by atoms with Crippen molar-refractivity contribution in [2.24, 2.45) is 5.73 Å². The van der Waals surface area contributed by atoms with Crippen LogP contribution in [0.15, 0.2) is 45.8 Å². The zero-order valence-corrected chi connectivity index (χ0v) is 13.0. The average molecular weight is 353 g/mol. The second-order valence-electron chi connectivity index (χ2n) is 4.52. The average Bonchev–Trinajstić information content (AvgIpc) is 2.52. The van der Waals surface area contributed by atoms with Crippen molar-refractivity contribution in [3.63, 3.8) is 0 Å². The number of nitrogens with one attached hydrogen (secondary N) is 1. The summed E-state index contributed by atoms with van der Waals surface area (Å²) in [6.45, 7) is 0.514. The predicted molar refractivity (Wildman–Crippen MR) is 85.1 cm³/mol. The Balaban J connectivity index is 2.07. The molecule has 0 aliphatic carbocycles. The van der Waals surface area contributed by atoms with E-state index in [-0.39, 0.29) is 24.8 Å². The number of nitrogens with two attached hydrogens (primary N) is 1. The van der Waals surface area contributed by atoms with Gasteiger partial charge in [-0.2, -0.15) is 5.10 Å². The topological polar surface area (TPSA) is 93.2 Å². The first-order chi connectivity index (χ1) is 10.1. The smallest absolute Gasteiger partial charge is 0.283 e. The molecule has 4 N–H and O–H groups in total. The maximum atomic E-state index is 12.0. The van der Waals surface area contributed by atoms with Crippen LogP contribution < -0.4 is 16.6 Å². The van der Waals surface area contributed by atoms with Gasteiger partial charge in [0.05, 0.1) is 25.0 Å². The molecule has 0 bridgehead atoms. The van der Waals surface area contributed by atoms with Crippen molar-refractivity contribution in [1.29, 1.82) is 0 Å². The van der Waals surface area contributed by atoms with Crippen LogP contribution in [0.1, 0.15) is 11.6 Å². The standard InChI is InChI=1S/C14H17BrN4O2/c15-13-12(9-18-19(6-7-20)14(13)21)17-8-11(16)10-4-2-1-3-5-10/h1-5,9,11,17,20H,6-8,16H2. The molecule has 21 heavy (non-hydrogen) atoms. The van der Waals surface area contributed by atoms with Crippen LogP contribution in [0.25, 0.3) is 0 Å². The summed E-state index contributed by atoms with van der Waals surface area (Å²) in [5, 5.41) is 16.0. The third kappa shape index (κ3) is 3.90. The van der Waals surface area contributed by atoms with E-state index in [4.69, 9.17) is 10.8 Å². The molecule has 1 unspecified atom stereocenters. The largest absolute Gasteiger partial charge is 0.394 e. The van der Waals surface area contributed by atoms with Crippen molar-refractivity contribution in [2.75, 3.05) is 18.5 Å². The van der Waals surface area contributed by atoms with Gasteiger partial charge in [-0.1, -0.05) is 30.3 Å². The second kappa shape index (κ2) is 7.35. The van der Waals surface area contributed by atoms with E-state index in [1.807, 2.05) is 30.3 Å². The van der Waals surface area contributed by atoms with Crippen molar-refractivity contribution in [3.05, 3.63) is 56.9 Å². The van der Waals surface area contributed by atoms with Crippen molar-refractivity contribution < 1.29 is 5.11 Å². The molecule has 1 aromatic heterocycles. The predicted octanol–water partition coefficient (Wildman–Crippen LogP) is 1.11. The molecule has 0 saturated heterocycles. The zero-order chi connectivity index (χ0) is 15.2. The van der Waals surface area contributed by atoms with E-state index in [0.29, 0.717) is 16.7 Å². The number of aliphatic hydroxyl groups excluding tert-OH is 1. The number of anilines is 1. The first-order valence-corrected chi connectivity index (χ1v) is 7.33. The fourth-order valence-electron chi connectivity index (χ4n) is 1.88.